The van der Waals surface area contributed by atoms with Crippen LogP contribution < -0.4 is 0 Å². The molecular weight excluding hydrogens is 281 g/mol. The van der Waals surface area contributed by atoms with Crippen LogP contribution in [0.2, 0.25) is 5.02 Å². The standard InChI is InChI=1S/C11H11Cl2NO4/c1-2-18-11(15)9(13)6-7-8(12)4-3-5-10(7)14(16)17/h3-5,9H,2,6H2,1H3. The Labute approximate surface area is 114 Å². The number of benzene rings is 1. The summed E-state index contributed by atoms with van der Waals surface area (Å²) in [7, 11) is 0. The SMILES string of the molecule is CCOC(=O)C(Cl)Cc1c(Cl)cccc1[N+](=O)[O-]. The molecule has 98 valence electrons. The zero-order valence-corrected chi connectivity index (χ0v) is 11.1. The third-order valence-electron chi connectivity index (χ3n) is 2.22. The molecule has 0 amide bonds. The predicted molar refractivity (Wildman–Crippen MR) is 68.1 cm³/mol. The smallest absolute Gasteiger partial charge is 0.324 e. The molecule has 0 bridgehead atoms. The van der Waals surface area contributed by atoms with Crippen LogP contribution in [0, 0.1) is 10.1 Å². The fraction of sp³-hybridized carbons (Fsp3) is 0.364. The van der Waals surface area contributed by atoms with E-state index in [1.54, 1.807) is 6.92 Å². The molecule has 0 aliphatic heterocycles. The van der Waals surface area contributed by atoms with Crippen LogP contribution in [0.1, 0.15) is 12.5 Å². The Bertz CT molecular complexity index is 464. The maximum Gasteiger partial charge on any atom is 0.324 e. The molecule has 0 saturated heterocycles. The van der Waals surface area contributed by atoms with Gasteiger partial charge in [0.1, 0.15) is 5.38 Å². The van der Waals surface area contributed by atoms with Gasteiger partial charge in [-0.05, 0) is 13.0 Å². The summed E-state index contributed by atoms with van der Waals surface area (Å²) in [6.45, 7) is 1.85. The highest BCUT2D eigenvalue weighted by Crippen LogP contribution is 2.28. The fourth-order valence-electron chi connectivity index (χ4n) is 1.42. The van der Waals surface area contributed by atoms with Crippen molar-refractivity contribution in [2.75, 3.05) is 6.61 Å². The van der Waals surface area contributed by atoms with Gasteiger partial charge in [0.2, 0.25) is 0 Å². The lowest BCUT2D eigenvalue weighted by molar-refractivity contribution is -0.385. The first-order chi connectivity index (χ1) is 8.47. The molecule has 0 aliphatic rings. The molecule has 1 unspecified atom stereocenters. The van der Waals surface area contributed by atoms with E-state index in [9.17, 15) is 14.9 Å². The zero-order valence-electron chi connectivity index (χ0n) is 9.56. The average molecular weight is 292 g/mol. The second-order valence-corrected chi connectivity index (χ2v) is 4.35. The number of carbonyl (C=O) groups is 1. The van der Waals surface area contributed by atoms with Crippen molar-refractivity contribution in [2.24, 2.45) is 0 Å². The van der Waals surface area contributed by atoms with Gasteiger partial charge in [-0.15, -0.1) is 11.6 Å². The number of esters is 1. The van der Waals surface area contributed by atoms with E-state index < -0.39 is 16.3 Å². The minimum atomic E-state index is -0.997. The fourth-order valence-corrected chi connectivity index (χ4v) is 1.88. The van der Waals surface area contributed by atoms with Crippen LogP contribution >= 0.6 is 23.2 Å². The van der Waals surface area contributed by atoms with Crippen LogP contribution in [0.4, 0.5) is 5.69 Å². The van der Waals surface area contributed by atoms with Gasteiger partial charge in [-0.1, -0.05) is 17.7 Å². The summed E-state index contributed by atoms with van der Waals surface area (Å²) in [4.78, 5) is 21.7. The molecule has 0 N–H and O–H groups in total. The highest BCUT2D eigenvalue weighted by atomic mass is 35.5. The molecule has 0 aromatic heterocycles. The molecule has 1 aromatic carbocycles. The molecule has 1 atom stereocenters. The molecule has 5 nitrogen and oxygen atoms in total. The summed E-state index contributed by atoms with van der Waals surface area (Å²) in [6.07, 6.45) is -0.0453. The maximum atomic E-state index is 11.4. The largest absolute Gasteiger partial charge is 0.465 e. The number of nitrogens with zero attached hydrogens (tertiary/aromatic N) is 1. The number of carbonyl (C=O) groups excluding carboxylic acids is 1. The number of ether oxygens (including phenoxy) is 1. The van der Waals surface area contributed by atoms with E-state index in [-0.39, 0.29) is 29.3 Å². The van der Waals surface area contributed by atoms with Gasteiger partial charge in [0.15, 0.2) is 0 Å². The lowest BCUT2D eigenvalue weighted by Gasteiger charge is -2.10. The van der Waals surface area contributed by atoms with Crippen molar-refractivity contribution in [3.8, 4) is 0 Å². The third kappa shape index (κ3) is 3.58. The zero-order chi connectivity index (χ0) is 13.7. The van der Waals surface area contributed by atoms with Crippen LogP contribution in [0.15, 0.2) is 18.2 Å². The molecule has 0 spiro atoms. The van der Waals surface area contributed by atoms with Gasteiger partial charge in [-0.2, -0.15) is 0 Å². The summed E-state index contributed by atoms with van der Waals surface area (Å²) < 4.78 is 4.73. The second kappa shape index (κ2) is 6.56. The highest BCUT2D eigenvalue weighted by molar-refractivity contribution is 6.32. The van der Waals surface area contributed by atoms with Gasteiger partial charge in [0.25, 0.3) is 5.69 Å². The van der Waals surface area contributed by atoms with Gasteiger partial charge in [0, 0.05) is 12.5 Å². The number of nitro groups is 1. The van der Waals surface area contributed by atoms with E-state index in [1.165, 1.54) is 18.2 Å². The molecular formula is C11H11Cl2NO4. The van der Waals surface area contributed by atoms with Crippen LogP contribution in [0.5, 0.6) is 0 Å². The first kappa shape index (κ1) is 14.7. The van der Waals surface area contributed by atoms with Crippen molar-refractivity contribution in [3.05, 3.63) is 38.9 Å². The first-order valence-corrected chi connectivity index (χ1v) is 6.01. The van der Waals surface area contributed by atoms with Crippen molar-refractivity contribution >= 4 is 34.9 Å². The normalized spacial score (nSPS) is 11.9. The van der Waals surface area contributed by atoms with Crippen LogP contribution in [0.25, 0.3) is 0 Å². The molecule has 0 heterocycles. The Morgan fingerprint density at radius 2 is 2.22 bits per heavy atom. The van der Waals surface area contributed by atoms with Crippen molar-refractivity contribution in [3.63, 3.8) is 0 Å². The molecule has 1 aromatic rings. The van der Waals surface area contributed by atoms with Crippen LogP contribution in [-0.4, -0.2) is 22.9 Å². The Balaban J connectivity index is 2.96. The minimum absolute atomic E-state index is 0.0453. The number of nitro benzene ring substituents is 1. The molecule has 7 heteroatoms. The maximum absolute atomic E-state index is 11.4. The topological polar surface area (TPSA) is 69.4 Å². The van der Waals surface area contributed by atoms with Crippen LogP contribution in [0.3, 0.4) is 0 Å². The monoisotopic (exact) mass is 291 g/mol. The van der Waals surface area contributed by atoms with Gasteiger partial charge >= 0.3 is 5.97 Å². The number of hydrogen-bond acceptors (Lipinski definition) is 4. The average Bonchev–Trinajstić information content (AvgIpc) is 2.31. The third-order valence-corrected chi connectivity index (χ3v) is 2.90. The quantitative estimate of drug-likeness (QED) is 0.362. The van der Waals surface area contributed by atoms with E-state index in [0.29, 0.717) is 0 Å². The summed E-state index contributed by atoms with van der Waals surface area (Å²) in [5, 5.41) is 10.0. The summed E-state index contributed by atoms with van der Waals surface area (Å²) in [5.41, 5.74) is 0.0784. The molecule has 0 aliphatic carbocycles. The Hall–Kier alpha value is -1.33. The Kier molecular flexibility index (Phi) is 5.37. The Morgan fingerprint density at radius 1 is 1.56 bits per heavy atom. The number of hydrogen-bond donors (Lipinski definition) is 0. The molecule has 0 saturated carbocycles. The van der Waals surface area contributed by atoms with Gasteiger partial charge in [-0.25, -0.2) is 0 Å². The summed E-state index contributed by atoms with van der Waals surface area (Å²) >= 11 is 11.7. The lowest BCUT2D eigenvalue weighted by Crippen LogP contribution is -2.20. The second-order valence-electron chi connectivity index (χ2n) is 3.42. The van der Waals surface area contributed by atoms with Crippen molar-refractivity contribution in [1.82, 2.24) is 0 Å². The predicted octanol–water partition coefficient (Wildman–Crippen LogP) is 2.96. The number of rotatable bonds is 5. The van der Waals surface area contributed by atoms with Crippen LogP contribution in [-0.2, 0) is 16.0 Å². The van der Waals surface area contributed by atoms with Gasteiger partial charge in [0.05, 0.1) is 22.1 Å². The number of alkyl halides is 1. The minimum Gasteiger partial charge on any atom is -0.465 e. The molecule has 0 fully saturated rings. The van der Waals surface area contributed by atoms with Crippen molar-refractivity contribution in [2.45, 2.75) is 18.7 Å². The lowest BCUT2D eigenvalue weighted by atomic mass is 10.1. The molecule has 18 heavy (non-hydrogen) atoms. The van der Waals surface area contributed by atoms with Gasteiger partial charge in [-0.3, -0.25) is 14.9 Å². The Morgan fingerprint density at radius 3 is 2.78 bits per heavy atom. The van der Waals surface area contributed by atoms with Gasteiger partial charge < -0.3 is 4.74 Å². The van der Waals surface area contributed by atoms with E-state index in [2.05, 4.69) is 0 Å². The van der Waals surface area contributed by atoms with E-state index in [0.717, 1.165) is 0 Å². The highest BCUT2D eigenvalue weighted by Gasteiger charge is 2.24. The number of halogens is 2. The van der Waals surface area contributed by atoms with Crippen molar-refractivity contribution < 1.29 is 14.5 Å². The van der Waals surface area contributed by atoms with E-state index >= 15 is 0 Å². The van der Waals surface area contributed by atoms with Crippen molar-refractivity contribution in [1.29, 1.82) is 0 Å². The summed E-state index contributed by atoms with van der Waals surface area (Å²) in [6, 6.07) is 4.30. The first-order valence-electron chi connectivity index (χ1n) is 5.19. The molecule has 1 rings (SSSR count). The molecule has 0 radical (unpaired) electrons. The summed E-state index contributed by atoms with van der Waals surface area (Å²) in [5.74, 6) is -0.617. The van der Waals surface area contributed by atoms with E-state index in [4.69, 9.17) is 27.9 Å². The van der Waals surface area contributed by atoms with E-state index in [1.807, 2.05) is 0 Å².